The molecule has 2 aromatic carbocycles. The van der Waals surface area contributed by atoms with Crippen LogP contribution in [0.2, 0.25) is 0 Å². The zero-order valence-electron chi connectivity index (χ0n) is 19.9. The average Bonchev–Trinajstić information content (AvgIpc) is 3.14. The molecule has 2 saturated heterocycles. The van der Waals surface area contributed by atoms with Crippen LogP contribution >= 0.6 is 0 Å². The van der Waals surface area contributed by atoms with E-state index in [1.807, 2.05) is 65.6 Å². The minimum absolute atomic E-state index is 0.0335. The van der Waals surface area contributed by atoms with Gasteiger partial charge in [0, 0.05) is 39.3 Å². The summed E-state index contributed by atoms with van der Waals surface area (Å²) in [5.41, 5.74) is 0.945. The molecule has 2 aromatic rings. The van der Waals surface area contributed by atoms with Crippen molar-refractivity contribution in [1.82, 2.24) is 15.1 Å². The van der Waals surface area contributed by atoms with Crippen molar-refractivity contribution in [1.29, 1.82) is 0 Å². The molecule has 34 heavy (non-hydrogen) atoms. The number of aliphatic hydroxyl groups is 1. The van der Waals surface area contributed by atoms with Gasteiger partial charge in [0.05, 0.1) is 12.6 Å². The fraction of sp³-hybridized carbons (Fsp3) is 0.481. The zero-order chi connectivity index (χ0) is 24.0. The van der Waals surface area contributed by atoms with Gasteiger partial charge in [0.15, 0.2) is 0 Å². The van der Waals surface area contributed by atoms with Crippen LogP contribution in [0.5, 0.6) is 0 Å². The standard InChI is InChI=1S/C27H35N3O4/c1-34-17-16-29-15-9-8-14-27(25(29)32)18-23(20-31)24(22-12-6-3-7-13-22)30(27)26(33)28-19-21-10-4-2-5-11-21/h2-7,10-13,23-24,31H,8-9,14-20H2,1H3,(H,28,33)/t23-,24+,27+/m1/s1. The summed E-state index contributed by atoms with van der Waals surface area (Å²) in [6.45, 7) is 1.89. The molecule has 0 unspecified atom stereocenters. The summed E-state index contributed by atoms with van der Waals surface area (Å²) < 4.78 is 5.25. The quantitative estimate of drug-likeness (QED) is 0.657. The van der Waals surface area contributed by atoms with E-state index in [1.54, 1.807) is 12.0 Å². The lowest BCUT2D eigenvalue weighted by atomic mass is 9.86. The van der Waals surface area contributed by atoms with Gasteiger partial charge in [-0.2, -0.15) is 0 Å². The van der Waals surface area contributed by atoms with Gasteiger partial charge < -0.3 is 25.0 Å². The van der Waals surface area contributed by atoms with Crippen LogP contribution in [0.3, 0.4) is 0 Å². The van der Waals surface area contributed by atoms with Gasteiger partial charge in [0.25, 0.3) is 0 Å². The summed E-state index contributed by atoms with van der Waals surface area (Å²) in [6, 6.07) is 18.9. The van der Waals surface area contributed by atoms with Crippen LogP contribution in [-0.2, 0) is 16.1 Å². The van der Waals surface area contributed by atoms with Crippen LogP contribution in [-0.4, -0.2) is 65.8 Å². The number of carbonyl (C=O) groups excluding carboxylic acids is 2. The van der Waals surface area contributed by atoms with Crippen molar-refractivity contribution in [2.75, 3.05) is 33.4 Å². The molecule has 0 radical (unpaired) electrons. The lowest BCUT2D eigenvalue weighted by Gasteiger charge is -2.41. The average molecular weight is 466 g/mol. The summed E-state index contributed by atoms with van der Waals surface area (Å²) in [6.07, 6.45) is 2.77. The van der Waals surface area contributed by atoms with Crippen molar-refractivity contribution in [2.45, 2.75) is 43.8 Å². The SMILES string of the molecule is COCCN1CCCC[C@]2(C[C@H](CO)[C@H](c3ccccc3)N2C(=O)NCc2ccccc2)C1=O. The van der Waals surface area contributed by atoms with Crippen LogP contribution in [0.15, 0.2) is 60.7 Å². The number of rotatable bonds is 7. The molecular formula is C27H35N3O4. The summed E-state index contributed by atoms with van der Waals surface area (Å²) >= 11 is 0. The number of methoxy groups -OCH3 is 1. The molecule has 182 valence electrons. The minimum atomic E-state index is -0.987. The Morgan fingerprint density at radius 2 is 1.82 bits per heavy atom. The third-order valence-corrected chi connectivity index (χ3v) is 7.19. The number of ether oxygens (including phenoxy) is 1. The maximum absolute atomic E-state index is 14.1. The van der Waals surface area contributed by atoms with E-state index in [9.17, 15) is 14.7 Å². The molecule has 2 N–H and O–H groups in total. The van der Waals surface area contributed by atoms with Crippen LogP contribution < -0.4 is 5.32 Å². The molecular weight excluding hydrogens is 430 g/mol. The Morgan fingerprint density at radius 1 is 1.12 bits per heavy atom. The van der Waals surface area contributed by atoms with E-state index < -0.39 is 5.54 Å². The highest BCUT2D eigenvalue weighted by atomic mass is 16.5. The van der Waals surface area contributed by atoms with Crippen molar-refractivity contribution in [3.63, 3.8) is 0 Å². The number of carbonyl (C=O) groups is 2. The van der Waals surface area contributed by atoms with Gasteiger partial charge >= 0.3 is 6.03 Å². The third-order valence-electron chi connectivity index (χ3n) is 7.19. The first-order valence-corrected chi connectivity index (χ1v) is 12.2. The number of hydrogen-bond donors (Lipinski definition) is 2. The molecule has 0 bridgehead atoms. The number of urea groups is 1. The first-order chi connectivity index (χ1) is 16.6. The maximum atomic E-state index is 14.1. The molecule has 1 spiro atoms. The Labute approximate surface area is 201 Å². The minimum Gasteiger partial charge on any atom is -0.396 e. The molecule has 0 aromatic heterocycles. The van der Waals surface area contributed by atoms with Gasteiger partial charge in [-0.15, -0.1) is 0 Å². The summed E-state index contributed by atoms with van der Waals surface area (Å²) in [5.74, 6) is -0.259. The first kappa shape index (κ1) is 24.2. The van der Waals surface area contributed by atoms with Crippen LogP contribution in [0.4, 0.5) is 4.79 Å². The number of nitrogens with one attached hydrogen (secondary N) is 1. The first-order valence-electron chi connectivity index (χ1n) is 12.2. The highest BCUT2D eigenvalue weighted by Gasteiger charge is 2.59. The normalized spacial score (nSPS) is 24.9. The Kier molecular flexibility index (Phi) is 7.85. The number of amides is 3. The molecule has 3 amide bonds. The van der Waals surface area contributed by atoms with Crippen LogP contribution in [0.25, 0.3) is 0 Å². The Balaban J connectivity index is 1.72. The fourth-order valence-corrected chi connectivity index (χ4v) is 5.59. The monoisotopic (exact) mass is 465 g/mol. The van der Waals surface area contributed by atoms with Crippen LogP contribution in [0, 0.1) is 5.92 Å². The zero-order valence-corrected chi connectivity index (χ0v) is 19.9. The molecule has 3 atom stereocenters. The fourth-order valence-electron chi connectivity index (χ4n) is 5.59. The van der Waals surface area contributed by atoms with E-state index in [-0.39, 0.29) is 30.5 Å². The van der Waals surface area contributed by atoms with Gasteiger partial charge in [-0.1, -0.05) is 60.7 Å². The number of likely N-dealkylation sites (tertiary alicyclic amines) is 2. The van der Waals surface area contributed by atoms with E-state index in [1.165, 1.54) is 0 Å². The van der Waals surface area contributed by atoms with Crippen molar-refractivity contribution in [3.05, 3.63) is 71.8 Å². The van der Waals surface area contributed by atoms with Gasteiger partial charge in [-0.3, -0.25) is 4.79 Å². The second-order valence-corrected chi connectivity index (χ2v) is 9.29. The molecule has 4 rings (SSSR count). The van der Waals surface area contributed by atoms with Crippen molar-refractivity contribution < 1.29 is 19.4 Å². The summed E-state index contributed by atoms with van der Waals surface area (Å²) in [7, 11) is 1.63. The van der Waals surface area contributed by atoms with Gasteiger partial charge in [0.2, 0.25) is 5.91 Å². The number of benzene rings is 2. The Morgan fingerprint density at radius 3 is 2.50 bits per heavy atom. The van der Waals surface area contributed by atoms with Crippen molar-refractivity contribution in [3.8, 4) is 0 Å². The molecule has 2 heterocycles. The number of aliphatic hydroxyl groups excluding tert-OH is 1. The van der Waals surface area contributed by atoms with E-state index in [0.717, 1.165) is 24.0 Å². The number of nitrogens with zero attached hydrogens (tertiary/aromatic N) is 2. The lowest BCUT2D eigenvalue weighted by Crippen LogP contribution is -2.60. The second kappa shape index (κ2) is 11.0. The lowest BCUT2D eigenvalue weighted by molar-refractivity contribution is -0.142. The maximum Gasteiger partial charge on any atom is 0.319 e. The van der Waals surface area contributed by atoms with E-state index >= 15 is 0 Å². The molecule has 2 fully saturated rings. The molecule has 7 nitrogen and oxygen atoms in total. The highest BCUT2D eigenvalue weighted by molar-refractivity contribution is 5.92. The van der Waals surface area contributed by atoms with Crippen molar-refractivity contribution >= 4 is 11.9 Å². The predicted octanol–water partition coefficient (Wildman–Crippen LogP) is 3.35. The Bertz CT molecular complexity index is 955. The predicted molar refractivity (Wildman–Crippen MR) is 130 cm³/mol. The van der Waals surface area contributed by atoms with E-state index in [0.29, 0.717) is 39.1 Å². The third kappa shape index (κ3) is 4.81. The van der Waals surface area contributed by atoms with Gasteiger partial charge in [0.1, 0.15) is 5.54 Å². The summed E-state index contributed by atoms with van der Waals surface area (Å²) in [4.78, 5) is 31.5. The van der Waals surface area contributed by atoms with Gasteiger partial charge in [-0.05, 0) is 36.8 Å². The topological polar surface area (TPSA) is 82.1 Å². The summed E-state index contributed by atoms with van der Waals surface area (Å²) in [5, 5.41) is 13.4. The van der Waals surface area contributed by atoms with E-state index in [4.69, 9.17) is 4.74 Å². The van der Waals surface area contributed by atoms with Gasteiger partial charge in [-0.25, -0.2) is 4.79 Å². The number of hydrogen-bond acceptors (Lipinski definition) is 4. The second-order valence-electron chi connectivity index (χ2n) is 9.29. The van der Waals surface area contributed by atoms with Crippen molar-refractivity contribution in [2.24, 2.45) is 5.92 Å². The van der Waals surface area contributed by atoms with E-state index in [2.05, 4.69) is 5.32 Å². The highest BCUT2D eigenvalue weighted by Crippen LogP contribution is 2.50. The Hall–Kier alpha value is -2.90. The largest absolute Gasteiger partial charge is 0.396 e. The molecule has 0 saturated carbocycles. The molecule has 2 aliphatic heterocycles. The molecule has 2 aliphatic rings. The molecule has 0 aliphatic carbocycles. The molecule has 7 heteroatoms. The smallest absolute Gasteiger partial charge is 0.319 e. The van der Waals surface area contributed by atoms with Crippen LogP contribution in [0.1, 0.15) is 42.9 Å².